The van der Waals surface area contributed by atoms with Crippen LogP contribution in [0, 0.1) is 3.57 Å². The van der Waals surface area contributed by atoms with Gasteiger partial charge in [0.15, 0.2) is 0 Å². The molecule has 1 fully saturated rings. The fourth-order valence-corrected chi connectivity index (χ4v) is 2.12. The number of halogens is 1. The molecule has 0 aliphatic carbocycles. The maximum Gasteiger partial charge on any atom is 0.313 e. The summed E-state index contributed by atoms with van der Waals surface area (Å²) < 4.78 is 6.31. The van der Waals surface area contributed by atoms with E-state index in [1.807, 2.05) is 24.3 Å². The summed E-state index contributed by atoms with van der Waals surface area (Å²) in [6.07, 6.45) is 0.595. The van der Waals surface area contributed by atoms with Crippen LogP contribution in [-0.2, 0) is 9.53 Å². The molecule has 2 rings (SSSR count). The number of hydrogen-bond acceptors (Lipinski definition) is 3. The predicted octanol–water partition coefficient (Wildman–Crippen LogP) is 1.65. The summed E-state index contributed by atoms with van der Waals surface area (Å²) in [5.74, 6) is -0.276. The van der Waals surface area contributed by atoms with Gasteiger partial charge in [0.2, 0.25) is 0 Å². The third-order valence-electron chi connectivity index (χ3n) is 2.60. The smallest absolute Gasteiger partial charge is 0.313 e. The first-order valence-corrected chi connectivity index (χ1v) is 5.94. The van der Waals surface area contributed by atoms with Crippen LogP contribution in [0.4, 0.5) is 0 Å². The first-order chi connectivity index (χ1) is 7.20. The Morgan fingerprint density at radius 2 is 2.07 bits per heavy atom. The fraction of sp³-hybridized carbons (Fsp3) is 0.364. The quantitative estimate of drug-likeness (QED) is 0.667. The SMILES string of the molecule is NC[C@H]1CC(c2ccc(I)cc2)C(=O)O1. The highest BCUT2D eigenvalue weighted by molar-refractivity contribution is 14.1. The molecule has 0 bridgehead atoms. The predicted molar refractivity (Wildman–Crippen MR) is 65.5 cm³/mol. The molecule has 15 heavy (non-hydrogen) atoms. The highest BCUT2D eigenvalue weighted by atomic mass is 127. The van der Waals surface area contributed by atoms with Gasteiger partial charge < -0.3 is 10.5 Å². The van der Waals surface area contributed by atoms with Gasteiger partial charge in [-0.1, -0.05) is 12.1 Å². The molecule has 1 aliphatic rings. The number of carbonyl (C=O) groups excluding carboxylic acids is 1. The number of rotatable bonds is 2. The number of ether oxygens (including phenoxy) is 1. The monoisotopic (exact) mass is 317 g/mol. The van der Waals surface area contributed by atoms with Gasteiger partial charge in [0.1, 0.15) is 6.10 Å². The minimum atomic E-state index is -0.147. The van der Waals surface area contributed by atoms with Crippen LogP contribution in [0.5, 0.6) is 0 Å². The number of carbonyl (C=O) groups is 1. The Hall–Kier alpha value is -0.620. The van der Waals surface area contributed by atoms with Crippen LogP contribution < -0.4 is 5.73 Å². The normalized spacial score (nSPS) is 25.3. The van der Waals surface area contributed by atoms with E-state index < -0.39 is 0 Å². The van der Waals surface area contributed by atoms with E-state index >= 15 is 0 Å². The van der Waals surface area contributed by atoms with Gasteiger partial charge in [-0.05, 0) is 40.3 Å². The molecule has 0 aromatic heterocycles. The van der Waals surface area contributed by atoms with Crippen molar-refractivity contribution >= 4 is 28.6 Å². The molecular formula is C11H12INO2. The van der Waals surface area contributed by atoms with E-state index in [1.54, 1.807) is 0 Å². The molecule has 1 saturated heterocycles. The van der Waals surface area contributed by atoms with Gasteiger partial charge in [-0.2, -0.15) is 0 Å². The lowest BCUT2D eigenvalue weighted by molar-refractivity contribution is -0.142. The molecule has 4 heteroatoms. The number of cyclic esters (lactones) is 1. The molecule has 1 heterocycles. The third kappa shape index (κ3) is 2.31. The third-order valence-corrected chi connectivity index (χ3v) is 3.32. The van der Waals surface area contributed by atoms with Crippen molar-refractivity contribution in [1.29, 1.82) is 0 Å². The summed E-state index contributed by atoms with van der Waals surface area (Å²) in [5, 5.41) is 0. The summed E-state index contributed by atoms with van der Waals surface area (Å²) in [6, 6.07) is 7.96. The molecule has 0 spiro atoms. The minimum Gasteiger partial charge on any atom is -0.461 e. The molecule has 1 aliphatic heterocycles. The van der Waals surface area contributed by atoms with Gasteiger partial charge >= 0.3 is 5.97 Å². The highest BCUT2D eigenvalue weighted by Crippen LogP contribution is 2.30. The van der Waals surface area contributed by atoms with E-state index in [0.29, 0.717) is 13.0 Å². The number of esters is 1. The lowest BCUT2D eigenvalue weighted by Crippen LogP contribution is -2.18. The second-order valence-corrected chi connectivity index (χ2v) is 4.88. The van der Waals surface area contributed by atoms with Gasteiger partial charge in [0.25, 0.3) is 0 Å². The topological polar surface area (TPSA) is 52.3 Å². The molecule has 2 atom stereocenters. The second kappa shape index (κ2) is 4.49. The molecule has 0 amide bonds. The molecule has 1 aromatic carbocycles. The number of benzene rings is 1. The lowest BCUT2D eigenvalue weighted by atomic mass is 9.96. The standard InChI is InChI=1S/C11H12INO2/c12-8-3-1-7(2-4-8)10-5-9(6-13)15-11(10)14/h1-4,9-10H,5-6,13H2/t9-,10?/m1/s1. The molecule has 0 saturated carbocycles. The molecule has 1 aromatic rings. The molecule has 80 valence electrons. The van der Waals surface area contributed by atoms with Crippen LogP contribution in [0.25, 0.3) is 0 Å². The van der Waals surface area contributed by atoms with Crippen LogP contribution >= 0.6 is 22.6 Å². The zero-order chi connectivity index (χ0) is 10.8. The van der Waals surface area contributed by atoms with E-state index in [4.69, 9.17) is 10.5 Å². The average Bonchev–Trinajstić information content (AvgIpc) is 2.61. The Bertz CT molecular complexity index is 363. The average molecular weight is 317 g/mol. The Kier molecular flexibility index (Phi) is 3.25. The van der Waals surface area contributed by atoms with Crippen molar-refractivity contribution in [3.8, 4) is 0 Å². The van der Waals surface area contributed by atoms with Gasteiger partial charge in [0, 0.05) is 16.5 Å². The number of nitrogens with two attached hydrogens (primary N) is 1. The molecule has 2 N–H and O–H groups in total. The van der Waals surface area contributed by atoms with E-state index in [-0.39, 0.29) is 18.0 Å². The highest BCUT2D eigenvalue weighted by Gasteiger charge is 2.34. The van der Waals surface area contributed by atoms with Crippen molar-refractivity contribution in [3.05, 3.63) is 33.4 Å². The van der Waals surface area contributed by atoms with Crippen molar-refractivity contribution in [3.63, 3.8) is 0 Å². The maximum atomic E-state index is 11.5. The van der Waals surface area contributed by atoms with Crippen LogP contribution in [0.15, 0.2) is 24.3 Å². The Morgan fingerprint density at radius 3 is 2.60 bits per heavy atom. The largest absolute Gasteiger partial charge is 0.461 e. The Morgan fingerprint density at radius 1 is 1.40 bits per heavy atom. The van der Waals surface area contributed by atoms with Gasteiger partial charge in [-0.3, -0.25) is 4.79 Å². The van der Waals surface area contributed by atoms with Crippen LogP contribution in [0.1, 0.15) is 17.9 Å². The zero-order valence-corrected chi connectivity index (χ0v) is 10.3. The van der Waals surface area contributed by atoms with Crippen molar-refractivity contribution in [2.45, 2.75) is 18.4 Å². The second-order valence-electron chi connectivity index (χ2n) is 3.63. The molecule has 3 nitrogen and oxygen atoms in total. The van der Waals surface area contributed by atoms with Crippen molar-refractivity contribution in [2.75, 3.05) is 6.54 Å². The molecule has 0 radical (unpaired) electrons. The summed E-state index contributed by atoms with van der Waals surface area (Å²) in [4.78, 5) is 11.5. The zero-order valence-electron chi connectivity index (χ0n) is 8.15. The van der Waals surface area contributed by atoms with E-state index in [2.05, 4.69) is 22.6 Å². The van der Waals surface area contributed by atoms with Crippen molar-refractivity contribution in [2.24, 2.45) is 5.73 Å². The molecule has 1 unspecified atom stereocenters. The van der Waals surface area contributed by atoms with E-state index in [1.165, 1.54) is 0 Å². The first kappa shape index (κ1) is 10.9. The first-order valence-electron chi connectivity index (χ1n) is 4.86. The summed E-state index contributed by atoms with van der Waals surface area (Å²) in [5.41, 5.74) is 6.51. The summed E-state index contributed by atoms with van der Waals surface area (Å²) >= 11 is 2.24. The van der Waals surface area contributed by atoms with E-state index in [0.717, 1.165) is 9.13 Å². The maximum absolute atomic E-state index is 11.5. The number of hydrogen-bond donors (Lipinski definition) is 1. The minimum absolute atomic E-state index is 0.109. The van der Waals surface area contributed by atoms with Crippen molar-refractivity contribution < 1.29 is 9.53 Å². The summed E-state index contributed by atoms with van der Waals surface area (Å²) in [6.45, 7) is 0.409. The van der Waals surface area contributed by atoms with Gasteiger partial charge in [0.05, 0.1) is 5.92 Å². The lowest BCUT2D eigenvalue weighted by Gasteiger charge is -2.05. The molecular weight excluding hydrogens is 305 g/mol. The fourth-order valence-electron chi connectivity index (χ4n) is 1.77. The van der Waals surface area contributed by atoms with E-state index in [9.17, 15) is 4.79 Å². The van der Waals surface area contributed by atoms with Crippen molar-refractivity contribution in [1.82, 2.24) is 0 Å². The van der Waals surface area contributed by atoms with Crippen LogP contribution in [-0.4, -0.2) is 18.6 Å². The Balaban J connectivity index is 2.18. The van der Waals surface area contributed by atoms with Crippen LogP contribution in [0.3, 0.4) is 0 Å². The summed E-state index contributed by atoms with van der Waals surface area (Å²) in [7, 11) is 0. The van der Waals surface area contributed by atoms with Gasteiger partial charge in [-0.25, -0.2) is 0 Å². The Labute approximate surface area is 102 Å². The van der Waals surface area contributed by atoms with Crippen LogP contribution in [0.2, 0.25) is 0 Å². The van der Waals surface area contributed by atoms with Gasteiger partial charge in [-0.15, -0.1) is 0 Å².